The first kappa shape index (κ1) is 20.7. The maximum absolute atomic E-state index is 13.0. The van der Waals surface area contributed by atoms with Gasteiger partial charge in [0.1, 0.15) is 0 Å². The number of carbonyl (C=O) groups is 2. The van der Waals surface area contributed by atoms with E-state index in [1.807, 2.05) is 6.08 Å². The van der Waals surface area contributed by atoms with Gasteiger partial charge in [-0.25, -0.2) is 0 Å². The number of nitrogens with two attached hydrogens (primary N) is 1. The molecule has 0 aromatic carbocycles. The molecule has 6 unspecified atom stereocenters. The van der Waals surface area contributed by atoms with E-state index in [0.29, 0.717) is 24.5 Å². The maximum Gasteiger partial charge on any atom is 0.303 e. The number of Topliss-reactive ketones (excluding diaryl/α,β-unsaturated/α-hetero) is 1. The van der Waals surface area contributed by atoms with Gasteiger partial charge in [-0.2, -0.15) is 0 Å². The van der Waals surface area contributed by atoms with Crippen molar-refractivity contribution in [3.63, 3.8) is 0 Å². The molecular formula is C23H34N2O4. The lowest BCUT2D eigenvalue weighted by Gasteiger charge is -2.60. The minimum atomic E-state index is -1.06. The van der Waals surface area contributed by atoms with E-state index in [9.17, 15) is 14.7 Å². The molecule has 0 amide bonds. The molecule has 0 heterocycles. The molecule has 4 aliphatic rings. The number of allylic oxidation sites excluding steroid dienone is 2. The normalized spacial score (nSPS) is 46.2. The second-order valence-electron chi connectivity index (χ2n) is 10.3. The summed E-state index contributed by atoms with van der Waals surface area (Å²) in [6.45, 7) is 5.35. The Balaban J connectivity index is 1.65. The van der Waals surface area contributed by atoms with E-state index in [0.717, 1.165) is 32.1 Å². The van der Waals surface area contributed by atoms with Crippen molar-refractivity contribution in [3.05, 3.63) is 11.6 Å². The minimum Gasteiger partial charge on any atom is -0.458 e. The summed E-state index contributed by atoms with van der Waals surface area (Å²) in [6.07, 6.45) is 7.09. The highest BCUT2D eigenvalue weighted by molar-refractivity contribution is 5.94. The molecule has 7 atom stereocenters. The number of esters is 1. The molecule has 0 bridgehead atoms. The summed E-state index contributed by atoms with van der Waals surface area (Å²) >= 11 is 0. The van der Waals surface area contributed by atoms with Crippen LogP contribution in [0.15, 0.2) is 11.6 Å². The molecule has 160 valence electrons. The van der Waals surface area contributed by atoms with Crippen LogP contribution in [-0.4, -0.2) is 40.8 Å². The summed E-state index contributed by atoms with van der Waals surface area (Å²) in [6, 6.07) is 0. The number of fused-ring (bicyclic) bond motifs is 5. The summed E-state index contributed by atoms with van der Waals surface area (Å²) in [4.78, 5) is 24.2. The van der Waals surface area contributed by atoms with E-state index in [1.54, 1.807) is 0 Å². The van der Waals surface area contributed by atoms with Gasteiger partial charge < -0.3 is 21.0 Å². The highest BCUT2D eigenvalue weighted by Crippen LogP contribution is 2.67. The summed E-state index contributed by atoms with van der Waals surface area (Å²) in [5.41, 5.74) is 7.14. The summed E-state index contributed by atoms with van der Waals surface area (Å²) in [7, 11) is 0. The van der Waals surface area contributed by atoms with Gasteiger partial charge in [0, 0.05) is 12.6 Å². The first-order chi connectivity index (χ1) is 13.5. The van der Waals surface area contributed by atoms with Crippen molar-refractivity contribution in [1.29, 1.82) is 5.41 Å². The van der Waals surface area contributed by atoms with E-state index < -0.39 is 23.0 Å². The minimum absolute atomic E-state index is 0.0736. The average molecular weight is 403 g/mol. The topological polar surface area (TPSA) is 113 Å². The lowest BCUT2D eigenvalue weighted by atomic mass is 9.45. The van der Waals surface area contributed by atoms with Crippen LogP contribution in [0.5, 0.6) is 0 Å². The van der Waals surface area contributed by atoms with Crippen LogP contribution in [0, 0.1) is 34.0 Å². The monoisotopic (exact) mass is 402 g/mol. The molecule has 0 saturated heterocycles. The van der Waals surface area contributed by atoms with Gasteiger partial charge in [0.25, 0.3) is 0 Å². The van der Waals surface area contributed by atoms with Crippen LogP contribution >= 0.6 is 0 Å². The molecule has 4 N–H and O–H groups in total. The molecule has 0 aromatic rings. The second-order valence-corrected chi connectivity index (χ2v) is 10.3. The van der Waals surface area contributed by atoms with Crippen LogP contribution in [0.4, 0.5) is 0 Å². The first-order valence-electron chi connectivity index (χ1n) is 10.9. The predicted molar refractivity (Wildman–Crippen MR) is 109 cm³/mol. The van der Waals surface area contributed by atoms with Crippen molar-refractivity contribution < 1.29 is 19.4 Å². The standard InChI is InChI=1S/C23H34N2O4/c1-13(26)29-12-19(28)23(25)9-7-17-16-5-4-14-10-15(24)6-8-21(14,2)20(16)18(27)11-22(17,23)3/h10,16-18,20,24,27H,4-9,11-12,25H2,1-3H3/t16?,17?,18?,20?,21?,22?,23-/m0/s1. The number of carbonyl (C=O) groups excluding carboxylic acids is 2. The van der Waals surface area contributed by atoms with Crippen LogP contribution in [0.1, 0.15) is 65.7 Å². The molecular weight excluding hydrogens is 368 g/mol. The molecule has 0 spiro atoms. The van der Waals surface area contributed by atoms with Gasteiger partial charge >= 0.3 is 5.97 Å². The van der Waals surface area contributed by atoms with Crippen molar-refractivity contribution in [3.8, 4) is 0 Å². The zero-order chi connectivity index (χ0) is 21.2. The van der Waals surface area contributed by atoms with E-state index in [1.165, 1.54) is 12.5 Å². The third-order valence-electron chi connectivity index (χ3n) is 9.10. The summed E-state index contributed by atoms with van der Waals surface area (Å²) < 4.78 is 4.98. The van der Waals surface area contributed by atoms with Gasteiger partial charge in [0.2, 0.25) is 0 Å². The van der Waals surface area contributed by atoms with Gasteiger partial charge in [-0.05, 0) is 79.6 Å². The number of ether oxygens (including phenoxy) is 1. The summed E-state index contributed by atoms with van der Waals surface area (Å²) in [5, 5.41) is 19.5. The number of hydrogen-bond donors (Lipinski definition) is 3. The van der Waals surface area contributed by atoms with Crippen LogP contribution in [0.25, 0.3) is 0 Å². The zero-order valence-electron chi connectivity index (χ0n) is 17.8. The number of aliphatic hydroxyl groups is 1. The lowest BCUT2D eigenvalue weighted by Crippen LogP contribution is -2.65. The van der Waals surface area contributed by atoms with Crippen LogP contribution in [0.3, 0.4) is 0 Å². The molecule has 3 fully saturated rings. The van der Waals surface area contributed by atoms with Gasteiger partial charge in [0.05, 0.1) is 11.6 Å². The zero-order valence-corrected chi connectivity index (χ0v) is 17.8. The number of rotatable bonds is 3. The number of hydrogen-bond acceptors (Lipinski definition) is 6. The Labute approximate surface area is 172 Å². The SMILES string of the molecule is CC(=O)OCC(=O)[C@@]1(N)CCC2C3CCC4=CC(=N)CCC4(C)C3C(O)CC21C. The van der Waals surface area contributed by atoms with E-state index in [2.05, 4.69) is 13.8 Å². The Morgan fingerprint density at radius 1 is 1.28 bits per heavy atom. The Hall–Kier alpha value is -1.53. The molecule has 6 heteroatoms. The molecule has 3 saturated carbocycles. The quantitative estimate of drug-likeness (QED) is 0.628. The fourth-order valence-corrected chi connectivity index (χ4v) is 7.53. The fraction of sp³-hybridized carbons (Fsp3) is 0.783. The van der Waals surface area contributed by atoms with E-state index in [-0.39, 0.29) is 29.6 Å². The Morgan fingerprint density at radius 2 is 2.00 bits per heavy atom. The maximum atomic E-state index is 13.0. The Morgan fingerprint density at radius 3 is 2.69 bits per heavy atom. The third kappa shape index (κ3) is 2.86. The van der Waals surface area contributed by atoms with E-state index in [4.69, 9.17) is 15.9 Å². The molecule has 0 aromatic heterocycles. The van der Waals surface area contributed by atoms with Crippen molar-refractivity contribution >= 4 is 17.5 Å². The largest absolute Gasteiger partial charge is 0.458 e. The lowest BCUT2D eigenvalue weighted by molar-refractivity contribution is -0.155. The van der Waals surface area contributed by atoms with Crippen molar-refractivity contribution in [2.24, 2.45) is 34.3 Å². The molecule has 0 aliphatic heterocycles. The third-order valence-corrected chi connectivity index (χ3v) is 9.10. The highest BCUT2D eigenvalue weighted by Gasteiger charge is 2.67. The predicted octanol–water partition coefficient (Wildman–Crippen LogP) is 2.77. The van der Waals surface area contributed by atoms with Crippen LogP contribution in [-0.2, 0) is 14.3 Å². The number of ketones is 1. The van der Waals surface area contributed by atoms with Gasteiger partial charge in [-0.15, -0.1) is 0 Å². The van der Waals surface area contributed by atoms with E-state index >= 15 is 0 Å². The average Bonchev–Trinajstić information content (AvgIpc) is 2.91. The fourth-order valence-electron chi connectivity index (χ4n) is 7.53. The Bertz CT molecular complexity index is 792. The molecule has 0 radical (unpaired) electrons. The van der Waals surface area contributed by atoms with Crippen LogP contribution in [0.2, 0.25) is 0 Å². The van der Waals surface area contributed by atoms with Gasteiger partial charge in [-0.3, -0.25) is 9.59 Å². The summed E-state index contributed by atoms with van der Waals surface area (Å²) in [5.74, 6) is 0.0523. The Kier molecular flexibility index (Phi) is 4.82. The first-order valence-corrected chi connectivity index (χ1v) is 10.9. The molecule has 4 rings (SSSR count). The molecule has 29 heavy (non-hydrogen) atoms. The van der Waals surface area contributed by atoms with Crippen molar-refractivity contribution in [2.45, 2.75) is 77.4 Å². The smallest absolute Gasteiger partial charge is 0.303 e. The molecule has 6 nitrogen and oxygen atoms in total. The molecule has 4 aliphatic carbocycles. The second kappa shape index (κ2) is 6.74. The number of aliphatic hydroxyl groups excluding tert-OH is 1. The van der Waals surface area contributed by atoms with Gasteiger partial charge in [-0.1, -0.05) is 19.4 Å². The van der Waals surface area contributed by atoms with Crippen molar-refractivity contribution in [1.82, 2.24) is 0 Å². The van der Waals surface area contributed by atoms with Crippen LogP contribution < -0.4 is 5.73 Å². The number of nitrogens with one attached hydrogen (secondary N) is 1. The van der Waals surface area contributed by atoms with Crippen molar-refractivity contribution in [2.75, 3.05) is 6.61 Å². The van der Waals surface area contributed by atoms with Gasteiger partial charge in [0.15, 0.2) is 12.4 Å². The highest BCUT2D eigenvalue weighted by atomic mass is 16.5.